The second kappa shape index (κ2) is 13.7. The topological polar surface area (TPSA) is 73.6 Å². The normalized spacial score (nSPS) is 15.4. The fraction of sp³-hybridized carbons (Fsp3) is 1.00. The quantitative estimate of drug-likeness (QED) is 0.402. The van der Waals surface area contributed by atoms with Gasteiger partial charge in [-0.2, -0.15) is 0 Å². The molecular weight excluding hydrogens is 369 g/mol. The summed E-state index contributed by atoms with van der Waals surface area (Å²) >= 11 is 0. The smallest absolute Gasteiger partial charge is 0.314 e. The first-order chi connectivity index (χ1) is 10.4. The van der Waals surface area contributed by atoms with Crippen LogP contribution in [0.25, 0.3) is 0 Å². The average Bonchev–Trinajstić information content (AvgIpc) is 2.37. The molecule has 0 rings (SSSR count). The SMILES string of the molecule is C.CC.CC(CNCCN)C[Si](C)(O[Si](C)(C)C)O[Si](C)(C)[SiH]=O. The summed E-state index contributed by atoms with van der Waals surface area (Å²) in [6, 6.07) is 0.935. The molecule has 0 aliphatic rings. The molecule has 0 fully saturated rings. The average molecular weight is 413 g/mol. The van der Waals surface area contributed by atoms with Crippen molar-refractivity contribution in [1.82, 2.24) is 5.32 Å². The third kappa shape index (κ3) is 16.0. The van der Waals surface area contributed by atoms with Gasteiger partial charge in [0.25, 0.3) is 8.92 Å². The van der Waals surface area contributed by atoms with Crippen LogP contribution in [-0.4, -0.2) is 53.3 Å². The van der Waals surface area contributed by atoms with Crippen molar-refractivity contribution in [3.8, 4) is 0 Å². The molecule has 2 unspecified atom stereocenters. The van der Waals surface area contributed by atoms with Crippen molar-refractivity contribution < 1.29 is 12.7 Å². The maximum Gasteiger partial charge on any atom is 0.314 e. The van der Waals surface area contributed by atoms with Crippen molar-refractivity contribution >= 4 is 33.6 Å². The highest BCUT2D eigenvalue weighted by molar-refractivity contribution is 7.17. The molecule has 0 aromatic carbocycles. The van der Waals surface area contributed by atoms with Gasteiger partial charge in [0.1, 0.15) is 0 Å². The van der Waals surface area contributed by atoms with Crippen molar-refractivity contribution in [3.05, 3.63) is 0 Å². The molecule has 148 valence electrons. The summed E-state index contributed by atoms with van der Waals surface area (Å²) in [5.74, 6) is 0.469. The van der Waals surface area contributed by atoms with E-state index >= 15 is 0 Å². The van der Waals surface area contributed by atoms with Crippen LogP contribution >= 0.6 is 0 Å². The molecule has 9 heteroatoms. The largest absolute Gasteiger partial charge is 0.437 e. The fourth-order valence-electron chi connectivity index (χ4n) is 2.49. The van der Waals surface area contributed by atoms with Crippen molar-refractivity contribution in [3.63, 3.8) is 0 Å². The summed E-state index contributed by atoms with van der Waals surface area (Å²) in [6.45, 7) is 21.4. The van der Waals surface area contributed by atoms with Gasteiger partial charge in [0.2, 0.25) is 7.83 Å². The Labute approximate surface area is 156 Å². The number of hydrogen-bond donors (Lipinski definition) is 2. The van der Waals surface area contributed by atoms with Gasteiger partial charge in [-0.05, 0) is 57.8 Å². The summed E-state index contributed by atoms with van der Waals surface area (Å²) in [5, 5.41) is 3.35. The van der Waals surface area contributed by atoms with Gasteiger partial charge >= 0.3 is 8.56 Å². The molecule has 0 radical (unpaired) electrons. The van der Waals surface area contributed by atoms with E-state index < -0.39 is 33.6 Å². The molecule has 5 nitrogen and oxygen atoms in total. The van der Waals surface area contributed by atoms with Crippen molar-refractivity contribution in [2.45, 2.75) is 73.5 Å². The lowest BCUT2D eigenvalue weighted by atomic mass is 10.2. The monoisotopic (exact) mass is 412 g/mol. The zero-order valence-corrected chi connectivity index (χ0v) is 20.9. The molecule has 0 aromatic rings. The highest BCUT2D eigenvalue weighted by atomic mass is 29.2. The summed E-state index contributed by atoms with van der Waals surface area (Å²) in [7, 11) is -6.89. The van der Waals surface area contributed by atoms with Crippen LogP contribution in [0.1, 0.15) is 28.2 Å². The van der Waals surface area contributed by atoms with E-state index in [0.29, 0.717) is 12.5 Å². The van der Waals surface area contributed by atoms with E-state index in [1.807, 2.05) is 26.9 Å². The Bertz CT molecular complexity index is 328. The van der Waals surface area contributed by atoms with Gasteiger partial charge in [0.15, 0.2) is 8.32 Å². The number of rotatable bonds is 11. The Morgan fingerprint density at radius 1 is 1.08 bits per heavy atom. The molecule has 0 bridgehead atoms. The number of nitrogens with two attached hydrogens (primary N) is 1. The minimum atomic E-state index is -2.29. The van der Waals surface area contributed by atoms with Gasteiger partial charge in [0, 0.05) is 13.1 Å². The summed E-state index contributed by atoms with van der Waals surface area (Å²) in [5.41, 5.74) is 5.50. The van der Waals surface area contributed by atoms with Crippen LogP contribution in [0.3, 0.4) is 0 Å². The zero-order valence-electron chi connectivity index (χ0n) is 16.8. The van der Waals surface area contributed by atoms with E-state index in [1.54, 1.807) is 0 Å². The third-order valence-corrected chi connectivity index (χ3v) is 15.6. The van der Waals surface area contributed by atoms with Crippen molar-refractivity contribution in [2.24, 2.45) is 11.7 Å². The van der Waals surface area contributed by atoms with Gasteiger partial charge < -0.3 is 23.7 Å². The maximum absolute atomic E-state index is 11.5. The lowest BCUT2D eigenvalue weighted by molar-refractivity contribution is 0.370. The molecule has 0 spiro atoms. The van der Waals surface area contributed by atoms with E-state index in [9.17, 15) is 4.46 Å². The van der Waals surface area contributed by atoms with E-state index in [2.05, 4.69) is 38.4 Å². The standard InChI is InChI=1S/C12H34N2O3Si4.C2H6.CH4/c1-12(10-14-9-8-13)11-21(7,16-19(2,3)4)17-20(5,6)18-15;1-2;/h12,14,18H,8-11,13H2,1-7H3;1-2H3;1H4. The van der Waals surface area contributed by atoms with E-state index in [-0.39, 0.29) is 7.43 Å². The van der Waals surface area contributed by atoms with Gasteiger partial charge in [-0.25, -0.2) is 0 Å². The molecule has 0 saturated carbocycles. The van der Waals surface area contributed by atoms with Crippen LogP contribution in [0, 0.1) is 5.92 Å². The zero-order chi connectivity index (χ0) is 18.7. The highest BCUT2D eigenvalue weighted by Crippen LogP contribution is 2.26. The Balaban J connectivity index is -0.00000141. The van der Waals surface area contributed by atoms with Crippen LogP contribution in [0.5, 0.6) is 0 Å². The van der Waals surface area contributed by atoms with Crippen LogP contribution in [0.2, 0.25) is 45.3 Å². The second-order valence-electron chi connectivity index (χ2n) is 7.47. The number of nitrogens with one attached hydrogen (secondary N) is 1. The Kier molecular flexibility index (Phi) is 16.7. The molecule has 3 N–H and O–H groups in total. The maximum atomic E-state index is 11.5. The summed E-state index contributed by atoms with van der Waals surface area (Å²) < 4.78 is 24.3. The van der Waals surface area contributed by atoms with Gasteiger partial charge in [-0.1, -0.05) is 28.2 Å². The predicted molar refractivity (Wildman–Crippen MR) is 116 cm³/mol. The minimum absolute atomic E-state index is 0. The lowest BCUT2D eigenvalue weighted by Crippen LogP contribution is -2.55. The second-order valence-corrected chi connectivity index (χ2v) is 24.3. The fourth-order valence-corrected chi connectivity index (χ4v) is 17.6. The van der Waals surface area contributed by atoms with Crippen LogP contribution in [0.4, 0.5) is 0 Å². The molecule has 0 heterocycles. The summed E-state index contributed by atoms with van der Waals surface area (Å²) in [4.78, 5) is 0. The highest BCUT2D eigenvalue weighted by Gasteiger charge is 2.42. The molecule has 0 aromatic heterocycles. The van der Waals surface area contributed by atoms with Gasteiger partial charge in [-0.15, -0.1) is 0 Å². The molecule has 0 amide bonds. The first-order valence-corrected chi connectivity index (χ1v) is 19.8. The van der Waals surface area contributed by atoms with Crippen molar-refractivity contribution in [1.29, 1.82) is 0 Å². The Morgan fingerprint density at radius 3 is 1.96 bits per heavy atom. The molecular formula is C15H44N2O3Si4. The Morgan fingerprint density at radius 2 is 1.58 bits per heavy atom. The minimum Gasteiger partial charge on any atom is -0.437 e. The number of hydrogen-bond acceptors (Lipinski definition) is 5. The van der Waals surface area contributed by atoms with Gasteiger partial charge in [0.05, 0.1) is 0 Å². The predicted octanol–water partition coefficient (Wildman–Crippen LogP) is 3.26. The van der Waals surface area contributed by atoms with E-state index in [0.717, 1.165) is 19.1 Å². The van der Waals surface area contributed by atoms with E-state index in [4.69, 9.17) is 14.0 Å². The lowest BCUT2D eigenvalue weighted by Gasteiger charge is -2.39. The Hall–Kier alpha value is 0.508. The van der Waals surface area contributed by atoms with Gasteiger partial charge in [-0.3, -0.25) is 0 Å². The molecule has 24 heavy (non-hydrogen) atoms. The molecule has 0 saturated heterocycles. The van der Waals surface area contributed by atoms with Crippen LogP contribution in [0.15, 0.2) is 0 Å². The van der Waals surface area contributed by atoms with Crippen molar-refractivity contribution in [2.75, 3.05) is 19.6 Å². The first kappa shape index (κ1) is 29.3. The van der Waals surface area contributed by atoms with E-state index in [1.165, 1.54) is 0 Å². The third-order valence-electron chi connectivity index (χ3n) is 2.82. The molecule has 0 aliphatic heterocycles. The van der Waals surface area contributed by atoms with Crippen LogP contribution in [-0.2, 0) is 12.7 Å². The summed E-state index contributed by atoms with van der Waals surface area (Å²) in [6.07, 6.45) is 0. The first-order valence-electron chi connectivity index (χ1n) is 8.70. The molecule has 2 atom stereocenters. The van der Waals surface area contributed by atoms with Crippen LogP contribution < -0.4 is 11.1 Å². The molecule has 0 aliphatic carbocycles.